The molecule has 0 saturated heterocycles. The molecule has 1 amide bonds. The SMILES string of the molecule is CC(C)=CC(=O)Nc1cccc(N)c1. The Morgan fingerprint density at radius 2 is 2.14 bits per heavy atom. The summed E-state index contributed by atoms with van der Waals surface area (Å²) in [5, 5.41) is 2.72. The van der Waals surface area contributed by atoms with Crippen molar-refractivity contribution in [1.82, 2.24) is 0 Å². The van der Waals surface area contributed by atoms with Gasteiger partial charge in [0, 0.05) is 17.5 Å². The maximum atomic E-state index is 11.3. The zero-order chi connectivity index (χ0) is 10.6. The van der Waals surface area contributed by atoms with Crippen LogP contribution in [0.2, 0.25) is 0 Å². The van der Waals surface area contributed by atoms with Gasteiger partial charge in [0.25, 0.3) is 0 Å². The van der Waals surface area contributed by atoms with Crippen LogP contribution in [0.15, 0.2) is 35.9 Å². The number of benzene rings is 1. The molecular weight excluding hydrogens is 176 g/mol. The maximum Gasteiger partial charge on any atom is 0.248 e. The molecule has 1 rings (SSSR count). The van der Waals surface area contributed by atoms with Crippen LogP contribution in [-0.4, -0.2) is 5.91 Å². The average Bonchev–Trinajstić information content (AvgIpc) is 2.01. The molecule has 3 nitrogen and oxygen atoms in total. The molecule has 74 valence electrons. The van der Waals surface area contributed by atoms with E-state index in [0.717, 1.165) is 5.57 Å². The van der Waals surface area contributed by atoms with Crippen LogP contribution >= 0.6 is 0 Å². The number of anilines is 2. The number of nitrogen functional groups attached to an aromatic ring is 1. The van der Waals surface area contributed by atoms with E-state index in [0.29, 0.717) is 11.4 Å². The molecule has 14 heavy (non-hydrogen) atoms. The molecule has 0 fully saturated rings. The van der Waals surface area contributed by atoms with E-state index in [1.54, 1.807) is 30.3 Å². The molecule has 0 unspecified atom stereocenters. The molecule has 0 saturated carbocycles. The van der Waals surface area contributed by atoms with Gasteiger partial charge in [-0.3, -0.25) is 4.79 Å². The number of nitrogens with two attached hydrogens (primary N) is 1. The summed E-state index contributed by atoms with van der Waals surface area (Å²) in [6.45, 7) is 3.75. The Balaban J connectivity index is 2.70. The van der Waals surface area contributed by atoms with E-state index in [4.69, 9.17) is 5.73 Å². The van der Waals surface area contributed by atoms with Crippen LogP contribution in [0.5, 0.6) is 0 Å². The summed E-state index contributed by atoms with van der Waals surface area (Å²) in [7, 11) is 0. The molecule has 3 heteroatoms. The van der Waals surface area contributed by atoms with Crippen molar-refractivity contribution in [3.8, 4) is 0 Å². The predicted molar refractivity (Wildman–Crippen MR) is 58.9 cm³/mol. The number of rotatable bonds is 2. The Bertz CT molecular complexity index is 365. The smallest absolute Gasteiger partial charge is 0.248 e. The Hall–Kier alpha value is -1.77. The summed E-state index contributed by atoms with van der Waals surface area (Å²) in [5.41, 5.74) is 7.89. The minimum absolute atomic E-state index is 0.129. The monoisotopic (exact) mass is 190 g/mol. The highest BCUT2D eigenvalue weighted by molar-refractivity contribution is 5.99. The predicted octanol–water partition coefficient (Wildman–Crippen LogP) is 2.17. The van der Waals surface area contributed by atoms with Gasteiger partial charge in [-0.1, -0.05) is 11.6 Å². The van der Waals surface area contributed by atoms with E-state index < -0.39 is 0 Å². The summed E-state index contributed by atoms with van der Waals surface area (Å²) in [4.78, 5) is 11.3. The van der Waals surface area contributed by atoms with Crippen LogP contribution in [0.1, 0.15) is 13.8 Å². The molecule has 0 atom stereocenters. The topological polar surface area (TPSA) is 55.1 Å². The summed E-state index contributed by atoms with van der Waals surface area (Å²) in [6, 6.07) is 7.09. The highest BCUT2D eigenvalue weighted by Crippen LogP contribution is 2.11. The third-order valence-electron chi connectivity index (χ3n) is 1.57. The van der Waals surface area contributed by atoms with Crippen molar-refractivity contribution in [2.24, 2.45) is 0 Å². The first-order valence-corrected chi connectivity index (χ1v) is 4.39. The molecule has 3 N–H and O–H groups in total. The second kappa shape index (κ2) is 4.46. The average molecular weight is 190 g/mol. The molecular formula is C11H14N2O. The van der Waals surface area contributed by atoms with Crippen molar-refractivity contribution in [1.29, 1.82) is 0 Å². The van der Waals surface area contributed by atoms with E-state index in [1.807, 2.05) is 13.8 Å². The zero-order valence-electron chi connectivity index (χ0n) is 8.37. The normalized spacial score (nSPS) is 9.29. The van der Waals surface area contributed by atoms with Crippen LogP contribution in [0.4, 0.5) is 11.4 Å². The quantitative estimate of drug-likeness (QED) is 0.554. The fourth-order valence-electron chi connectivity index (χ4n) is 1.06. The van der Waals surface area contributed by atoms with Crippen LogP contribution in [0, 0.1) is 0 Å². The summed E-state index contributed by atoms with van der Waals surface area (Å²) >= 11 is 0. The standard InChI is InChI=1S/C11H14N2O/c1-8(2)6-11(14)13-10-5-3-4-9(12)7-10/h3-7H,12H2,1-2H3,(H,13,14). The number of amides is 1. The van der Waals surface area contributed by atoms with Crippen molar-refractivity contribution < 1.29 is 4.79 Å². The largest absolute Gasteiger partial charge is 0.399 e. The number of nitrogens with one attached hydrogen (secondary N) is 1. The lowest BCUT2D eigenvalue weighted by Gasteiger charge is -2.02. The van der Waals surface area contributed by atoms with E-state index >= 15 is 0 Å². The third-order valence-corrected chi connectivity index (χ3v) is 1.57. The number of allylic oxidation sites excluding steroid dienone is 1. The van der Waals surface area contributed by atoms with Crippen molar-refractivity contribution in [2.45, 2.75) is 13.8 Å². The molecule has 0 bridgehead atoms. The lowest BCUT2D eigenvalue weighted by molar-refractivity contribution is -0.111. The fourth-order valence-corrected chi connectivity index (χ4v) is 1.06. The zero-order valence-corrected chi connectivity index (χ0v) is 8.37. The van der Waals surface area contributed by atoms with Gasteiger partial charge in [-0.2, -0.15) is 0 Å². The van der Waals surface area contributed by atoms with E-state index in [-0.39, 0.29) is 5.91 Å². The summed E-state index contributed by atoms with van der Waals surface area (Å²) < 4.78 is 0. The van der Waals surface area contributed by atoms with Gasteiger partial charge >= 0.3 is 0 Å². The van der Waals surface area contributed by atoms with E-state index in [1.165, 1.54) is 0 Å². The lowest BCUT2D eigenvalue weighted by Crippen LogP contribution is -2.08. The Kier molecular flexibility index (Phi) is 3.29. The molecule has 0 aliphatic rings. The highest BCUT2D eigenvalue weighted by Gasteiger charge is 1.97. The van der Waals surface area contributed by atoms with Gasteiger partial charge in [-0.05, 0) is 32.0 Å². The maximum absolute atomic E-state index is 11.3. The van der Waals surface area contributed by atoms with Crippen LogP contribution in [0.3, 0.4) is 0 Å². The fraction of sp³-hybridized carbons (Fsp3) is 0.182. The molecule has 1 aromatic carbocycles. The van der Waals surface area contributed by atoms with Crippen LogP contribution < -0.4 is 11.1 Å². The number of carbonyl (C=O) groups excluding carboxylic acids is 1. The van der Waals surface area contributed by atoms with Gasteiger partial charge in [-0.25, -0.2) is 0 Å². The molecule has 0 spiro atoms. The lowest BCUT2D eigenvalue weighted by atomic mass is 10.2. The van der Waals surface area contributed by atoms with Gasteiger partial charge in [0.2, 0.25) is 5.91 Å². The first kappa shape index (κ1) is 10.3. The highest BCUT2D eigenvalue weighted by atomic mass is 16.1. The van der Waals surface area contributed by atoms with Gasteiger partial charge in [0.15, 0.2) is 0 Å². The molecule has 0 aliphatic carbocycles. The first-order valence-electron chi connectivity index (χ1n) is 4.39. The number of hydrogen-bond acceptors (Lipinski definition) is 2. The molecule has 1 aromatic rings. The van der Waals surface area contributed by atoms with Crippen LogP contribution in [-0.2, 0) is 4.79 Å². The Morgan fingerprint density at radius 3 is 2.71 bits per heavy atom. The Labute approximate surface area is 83.6 Å². The summed E-state index contributed by atoms with van der Waals surface area (Å²) in [6.07, 6.45) is 1.54. The second-order valence-electron chi connectivity index (χ2n) is 3.34. The van der Waals surface area contributed by atoms with Crippen molar-refractivity contribution >= 4 is 17.3 Å². The van der Waals surface area contributed by atoms with Gasteiger partial charge in [0.05, 0.1) is 0 Å². The number of carbonyl (C=O) groups is 1. The van der Waals surface area contributed by atoms with Gasteiger partial charge in [-0.15, -0.1) is 0 Å². The molecule has 0 heterocycles. The molecule has 0 aliphatic heterocycles. The minimum Gasteiger partial charge on any atom is -0.399 e. The second-order valence-corrected chi connectivity index (χ2v) is 3.34. The molecule has 0 radical (unpaired) electrons. The third kappa shape index (κ3) is 3.31. The number of hydrogen-bond donors (Lipinski definition) is 2. The first-order chi connectivity index (χ1) is 6.58. The van der Waals surface area contributed by atoms with Crippen LogP contribution in [0.25, 0.3) is 0 Å². The van der Waals surface area contributed by atoms with Crippen molar-refractivity contribution in [3.05, 3.63) is 35.9 Å². The van der Waals surface area contributed by atoms with Gasteiger partial charge < -0.3 is 11.1 Å². The minimum atomic E-state index is -0.129. The van der Waals surface area contributed by atoms with Crippen molar-refractivity contribution in [3.63, 3.8) is 0 Å². The van der Waals surface area contributed by atoms with Gasteiger partial charge in [0.1, 0.15) is 0 Å². The molecule has 0 aromatic heterocycles. The summed E-state index contributed by atoms with van der Waals surface area (Å²) in [5.74, 6) is -0.129. The van der Waals surface area contributed by atoms with E-state index in [2.05, 4.69) is 5.32 Å². The van der Waals surface area contributed by atoms with Crippen molar-refractivity contribution in [2.75, 3.05) is 11.1 Å². The van der Waals surface area contributed by atoms with E-state index in [9.17, 15) is 4.79 Å². The Morgan fingerprint density at radius 1 is 1.43 bits per heavy atom.